The number of ether oxygens (including phenoxy) is 1. The molecular weight excluding hydrogens is 534 g/mol. The Morgan fingerprint density at radius 2 is 1.87 bits per heavy atom. The second-order valence-corrected chi connectivity index (χ2v) is 12.0. The van der Waals surface area contributed by atoms with Crippen LogP contribution in [0.2, 0.25) is 5.02 Å². The summed E-state index contributed by atoms with van der Waals surface area (Å²) < 4.78 is 5.53. The topological polar surface area (TPSA) is 135 Å². The molecule has 2 fully saturated rings. The van der Waals surface area contributed by atoms with E-state index in [9.17, 15) is 0 Å². The van der Waals surface area contributed by atoms with Crippen molar-refractivity contribution in [3.8, 4) is 0 Å². The predicted molar refractivity (Wildman–Crippen MR) is 153 cm³/mol. The second-order valence-electron chi connectivity index (χ2n) is 10.5. The minimum absolute atomic E-state index is 0.0447. The number of H-pyrrole nitrogens is 1. The lowest BCUT2D eigenvalue weighted by Gasteiger charge is -2.42. The van der Waals surface area contributed by atoms with Gasteiger partial charge in [0.1, 0.15) is 10.8 Å². The number of nitrogen functional groups attached to an aromatic ring is 1. The lowest BCUT2D eigenvalue weighted by Crippen LogP contribution is -2.44. The maximum Gasteiger partial charge on any atom is 0.206 e. The van der Waals surface area contributed by atoms with Crippen LogP contribution >= 0.6 is 23.4 Å². The van der Waals surface area contributed by atoms with Crippen molar-refractivity contribution in [2.75, 3.05) is 54.9 Å². The molecule has 3 aromatic heterocycles. The van der Waals surface area contributed by atoms with Gasteiger partial charge in [-0.3, -0.25) is 0 Å². The Morgan fingerprint density at radius 1 is 1.05 bits per heavy atom. The van der Waals surface area contributed by atoms with E-state index in [1.807, 2.05) is 6.07 Å². The van der Waals surface area contributed by atoms with E-state index in [0.29, 0.717) is 27.2 Å². The van der Waals surface area contributed by atoms with Crippen LogP contribution in [0.1, 0.15) is 30.0 Å². The van der Waals surface area contributed by atoms with Crippen molar-refractivity contribution in [1.82, 2.24) is 24.9 Å². The summed E-state index contributed by atoms with van der Waals surface area (Å²) in [4.78, 5) is 26.9. The summed E-state index contributed by atoms with van der Waals surface area (Å²) in [6, 6.07) is 8.73. The quantitative estimate of drug-likeness (QED) is 0.336. The Labute approximate surface area is 235 Å². The molecule has 10 nitrogen and oxygen atoms in total. The first kappa shape index (κ1) is 24.9. The Balaban J connectivity index is 1.05. The van der Waals surface area contributed by atoms with Crippen LogP contribution in [0.4, 0.5) is 17.5 Å². The molecule has 7 rings (SSSR count). The number of benzene rings is 1. The molecule has 0 bridgehead atoms. The molecule has 202 valence electrons. The number of hydrogen-bond donors (Lipinski definition) is 3. The summed E-state index contributed by atoms with van der Waals surface area (Å²) >= 11 is 7.69. The molecule has 1 spiro atoms. The SMILES string of the molecule is Nc1nccc(Sc2cnc3[nH]c(N4CCC5(CC4)Cc4ccc(N6CCOCC6)cc4[C@H]5N)nc3n2)c1Cl. The van der Waals surface area contributed by atoms with E-state index < -0.39 is 0 Å². The molecule has 0 amide bonds. The van der Waals surface area contributed by atoms with Gasteiger partial charge in [-0.15, -0.1) is 0 Å². The largest absolute Gasteiger partial charge is 0.382 e. The number of aromatic amines is 1. The zero-order valence-corrected chi connectivity index (χ0v) is 23.0. The van der Waals surface area contributed by atoms with Crippen molar-refractivity contribution in [2.45, 2.75) is 35.2 Å². The van der Waals surface area contributed by atoms with Gasteiger partial charge in [0.05, 0.1) is 24.4 Å². The fourth-order valence-corrected chi connectivity index (χ4v) is 7.13. The van der Waals surface area contributed by atoms with Gasteiger partial charge >= 0.3 is 0 Å². The first-order valence-electron chi connectivity index (χ1n) is 13.3. The number of fused-ring (bicyclic) bond motifs is 2. The molecule has 3 aliphatic rings. The molecule has 12 heteroatoms. The summed E-state index contributed by atoms with van der Waals surface area (Å²) in [5, 5.41) is 1.11. The molecule has 2 aliphatic heterocycles. The second kappa shape index (κ2) is 9.81. The first-order chi connectivity index (χ1) is 19.0. The van der Waals surface area contributed by atoms with Crippen LogP contribution in [-0.4, -0.2) is 64.3 Å². The van der Waals surface area contributed by atoms with Crippen LogP contribution in [0.15, 0.2) is 46.6 Å². The smallest absolute Gasteiger partial charge is 0.206 e. The number of rotatable bonds is 4. The number of anilines is 3. The van der Waals surface area contributed by atoms with E-state index in [1.165, 1.54) is 28.6 Å². The summed E-state index contributed by atoms with van der Waals surface area (Å²) in [6.45, 7) is 5.19. The van der Waals surface area contributed by atoms with Gasteiger partial charge in [-0.2, -0.15) is 4.98 Å². The van der Waals surface area contributed by atoms with Crippen LogP contribution in [0, 0.1) is 5.41 Å². The number of hydrogen-bond acceptors (Lipinski definition) is 10. The molecule has 0 saturated carbocycles. The van der Waals surface area contributed by atoms with Gasteiger partial charge in [-0.05, 0) is 54.0 Å². The third-order valence-corrected chi connectivity index (χ3v) is 9.85. The molecule has 0 radical (unpaired) electrons. The Bertz CT molecular complexity index is 1530. The molecule has 0 unspecified atom stereocenters. The molecule has 5 N–H and O–H groups in total. The fourth-order valence-electron chi connectivity index (χ4n) is 6.12. The van der Waals surface area contributed by atoms with Crippen molar-refractivity contribution in [1.29, 1.82) is 0 Å². The van der Waals surface area contributed by atoms with E-state index in [0.717, 1.165) is 69.5 Å². The number of pyridine rings is 1. The van der Waals surface area contributed by atoms with Crippen LogP contribution in [0.3, 0.4) is 0 Å². The maximum absolute atomic E-state index is 6.97. The number of halogens is 1. The third kappa shape index (κ3) is 4.47. The number of imidazole rings is 1. The van der Waals surface area contributed by atoms with Crippen molar-refractivity contribution in [3.05, 3.63) is 52.8 Å². The number of morpholine rings is 1. The van der Waals surface area contributed by atoms with Crippen LogP contribution in [0.25, 0.3) is 11.3 Å². The molecular formula is C27H30ClN9OS. The Hall–Kier alpha value is -3.12. The van der Waals surface area contributed by atoms with Crippen molar-refractivity contribution >= 4 is 52.1 Å². The third-order valence-electron chi connectivity index (χ3n) is 8.37. The molecule has 1 aliphatic carbocycles. The lowest BCUT2D eigenvalue weighted by atomic mass is 9.73. The van der Waals surface area contributed by atoms with Crippen LogP contribution in [0.5, 0.6) is 0 Å². The number of nitrogens with one attached hydrogen (secondary N) is 1. The van der Waals surface area contributed by atoms with Crippen molar-refractivity contribution < 1.29 is 4.74 Å². The van der Waals surface area contributed by atoms with E-state index >= 15 is 0 Å². The number of aromatic nitrogens is 5. The van der Waals surface area contributed by atoms with Gasteiger partial charge in [0.15, 0.2) is 11.3 Å². The summed E-state index contributed by atoms with van der Waals surface area (Å²) in [7, 11) is 0. The van der Waals surface area contributed by atoms with Gasteiger partial charge in [-0.25, -0.2) is 15.0 Å². The molecule has 4 aromatic rings. The van der Waals surface area contributed by atoms with Crippen LogP contribution in [-0.2, 0) is 11.2 Å². The summed E-state index contributed by atoms with van der Waals surface area (Å²) in [5.41, 5.74) is 18.1. The zero-order chi connectivity index (χ0) is 26.6. The van der Waals surface area contributed by atoms with Gasteiger partial charge in [0.2, 0.25) is 5.95 Å². The van der Waals surface area contributed by atoms with Gasteiger partial charge in [0.25, 0.3) is 0 Å². The molecule has 5 heterocycles. The van der Waals surface area contributed by atoms with Gasteiger partial charge in [-0.1, -0.05) is 29.4 Å². The van der Waals surface area contributed by atoms with E-state index in [1.54, 1.807) is 12.4 Å². The minimum atomic E-state index is 0.0447. The first-order valence-corrected chi connectivity index (χ1v) is 14.5. The lowest BCUT2D eigenvalue weighted by molar-refractivity contribution is 0.122. The average molecular weight is 564 g/mol. The average Bonchev–Trinajstić information content (AvgIpc) is 3.50. The minimum Gasteiger partial charge on any atom is -0.382 e. The maximum atomic E-state index is 6.97. The van der Waals surface area contributed by atoms with Crippen molar-refractivity contribution in [3.63, 3.8) is 0 Å². The summed E-state index contributed by atoms with van der Waals surface area (Å²) in [6.07, 6.45) is 6.40. The molecule has 39 heavy (non-hydrogen) atoms. The van der Waals surface area contributed by atoms with Crippen molar-refractivity contribution in [2.24, 2.45) is 11.1 Å². The highest BCUT2D eigenvalue weighted by molar-refractivity contribution is 7.99. The fraction of sp³-hybridized carbons (Fsp3) is 0.407. The highest BCUT2D eigenvalue weighted by Crippen LogP contribution is 2.51. The molecule has 1 atom stereocenters. The monoisotopic (exact) mass is 563 g/mol. The molecule has 1 aromatic carbocycles. The van der Waals surface area contributed by atoms with E-state index in [-0.39, 0.29) is 11.5 Å². The number of piperidine rings is 1. The van der Waals surface area contributed by atoms with Crippen LogP contribution < -0.4 is 21.3 Å². The molecule has 2 saturated heterocycles. The Kier molecular flexibility index (Phi) is 6.26. The summed E-state index contributed by atoms with van der Waals surface area (Å²) in [5.74, 6) is 1.09. The number of nitrogens with two attached hydrogens (primary N) is 2. The standard InChI is InChI=1S/C27H30ClN9OS/c28-21-19(3-6-31-23(21)30)39-20-15-32-24-25(33-20)35-26(34-24)37-7-4-27(5-8-37)14-16-1-2-17(13-18(16)22(27)29)36-9-11-38-12-10-36/h1-3,6,13,15,22H,4-5,7-12,14,29H2,(H2,30,31)(H,32,33,34,35)/t22-/m1/s1. The highest BCUT2D eigenvalue weighted by atomic mass is 35.5. The predicted octanol–water partition coefficient (Wildman–Crippen LogP) is 3.81. The van der Waals surface area contributed by atoms with E-state index in [2.05, 4.69) is 43.0 Å². The zero-order valence-electron chi connectivity index (χ0n) is 21.4. The van der Waals surface area contributed by atoms with Gasteiger partial charge < -0.3 is 31.0 Å². The Morgan fingerprint density at radius 3 is 2.69 bits per heavy atom. The van der Waals surface area contributed by atoms with Gasteiger partial charge in [0, 0.05) is 49.0 Å². The van der Waals surface area contributed by atoms with E-state index in [4.69, 9.17) is 37.8 Å². The highest BCUT2D eigenvalue weighted by Gasteiger charge is 2.46. The number of nitrogens with zero attached hydrogens (tertiary/aromatic N) is 6. The normalized spacial score (nSPS) is 20.6.